The van der Waals surface area contributed by atoms with E-state index in [2.05, 4.69) is 5.32 Å². The summed E-state index contributed by atoms with van der Waals surface area (Å²) in [6.07, 6.45) is 6.45. The standard InChI is InChI=1S/C17H24N2O3S2/c20-17(18-15-10-12-5-6-13(15)9-12)14-3-1-7-19(11-14)24(21,22)16-4-2-8-23-16/h2,4,8,12-15H,1,3,5-7,9-11H2,(H,18,20). The summed E-state index contributed by atoms with van der Waals surface area (Å²) in [5.41, 5.74) is 0. The van der Waals surface area contributed by atoms with Gasteiger partial charge in [-0.3, -0.25) is 4.79 Å². The maximum atomic E-state index is 12.7. The fraction of sp³-hybridized carbons (Fsp3) is 0.706. The Kier molecular flexibility index (Phi) is 4.43. The molecule has 1 amide bonds. The van der Waals surface area contributed by atoms with Gasteiger partial charge in [0.2, 0.25) is 5.91 Å². The highest BCUT2D eigenvalue weighted by molar-refractivity contribution is 7.91. The molecule has 24 heavy (non-hydrogen) atoms. The zero-order valence-corrected chi connectivity index (χ0v) is 15.3. The minimum Gasteiger partial charge on any atom is -0.353 e. The van der Waals surface area contributed by atoms with Gasteiger partial charge in [-0.2, -0.15) is 4.31 Å². The van der Waals surface area contributed by atoms with Gasteiger partial charge in [0.15, 0.2) is 0 Å². The quantitative estimate of drug-likeness (QED) is 0.888. The van der Waals surface area contributed by atoms with E-state index >= 15 is 0 Å². The van der Waals surface area contributed by atoms with E-state index in [1.807, 2.05) is 0 Å². The topological polar surface area (TPSA) is 66.5 Å². The molecule has 4 unspecified atom stereocenters. The van der Waals surface area contributed by atoms with Gasteiger partial charge in [0, 0.05) is 19.1 Å². The van der Waals surface area contributed by atoms with Crippen LogP contribution in [-0.4, -0.2) is 37.8 Å². The number of nitrogens with one attached hydrogen (secondary N) is 1. The van der Waals surface area contributed by atoms with Gasteiger partial charge in [0.05, 0.1) is 5.92 Å². The maximum absolute atomic E-state index is 12.7. The molecule has 4 atom stereocenters. The van der Waals surface area contributed by atoms with Crippen LogP contribution in [0.5, 0.6) is 0 Å². The molecule has 5 nitrogen and oxygen atoms in total. The van der Waals surface area contributed by atoms with Crippen molar-refractivity contribution in [2.75, 3.05) is 13.1 Å². The summed E-state index contributed by atoms with van der Waals surface area (Å²) in [4.78, 5) is 12.7. The van der Waals surface area contributed by atoms with E-state index in [4.69, 9.17) is 0 Å². The molecule has 2 aliphatic carbocycles. The van der Waals surface area contributed by atoms with Gasteiger partial charge in [-0.25, -0.2) is 8.42 Å². The van der Waals surface area contributed by atoms with Gasteiger partial charge < -0.3 is 5.32 Å². The summed E-state index contributed by atoms with van der Waals surface area (Å²) >= 11 is 1.24. The molecule has 2 heterocycles. The zero-order chi connectivity index (χ0) is 16.7. The Morgan fingerprint density at radius 3 is 2.79 bits per heavy atom. The van der Waals surface area contributed by atoms with Crippen molar-refractivity contribution in [2.45, 2.75) is 48.8 Å². The van der Waals surface area contributed by atoms with E-state index in [1.54, 1.807) is 17.5 Å². The molecule has 1 aliphatic heterocycles. The monoisotopic (exact) mass is 368 g/mol. The molecule has 132 valence electrons. The van der Waals surface area contributed by atoms with Crippen LogP contribution in [0.4, 0.5) is 0 Å². The fourth-order valence-electron chi connectivity index (χ4n) is 4.63. The zero-order valence-electron chi connectivity index (χ0n) is 13.7. The number of sulfonamides is 1. The number of fused-ring (bicyclic) bond motifs is 2. The molecule has 1 aromatic rings. The van der Waals surface area contributed by atoms with Crippen LogP contribution in [0.2, 0.25) is 0 Å². The van der Waals surface area contributed by atoms with Gasteiger partial charge >= 0.3 is 0 Å². The third-order valence-corrected chi connectivity index (χ3v) is 9.15. The second kappa shape index (κ2) is 6.42. The fourth-order valence-corrected chi connectivity index (χ4v) is 7.30. The minimum atomic E-state index is -3.45. The third kappa shape index (κ3) is 3.02. The molecule has 7 heteroatoms. The molecule has 2 bridgehead atoms. The molecule has 2 saturated carbocycles. The Labute approximate surface area is 147 Å². The van der Waals surface area contributed by atoms with E-state index in [-0.39, 0.29) is 11.8 Å². The number of carbonyl (C=O) groups is 1. The highest BCUT2D eigenvalue weighted by Gasteiger charge is 2.41. The molecule has 0 spiro atoms. The van der Waals surface area contributed by atoms with Crippen molar-refractivity contribution in [1.29, 1.82) is 0 Å². The second-order valence-electron chi connectivity index (χ2n) is 7.42. The first-order valence-electron chi connectivity index (χ1n) is 8.88. The van der Waals surface area contributed by atoms with Crippen LogP contribution in [0, 0.1) is 17.8 Å². The Morgan fingerprint density at radius 1 is 1.25 bits per heavy atom. The van der Waals surface area contributed by atoms with Crippen LogP contribution in [0.25, 0.3) is 0 Å². The number of hydrogen-bond donors (Lipinski definition) is 1. The molecular weight excluding hydrogens is 344 g/mol. The number of thiophene rings is 1. The molecule has 3 aliphatic rings. The van der Waals surface area contributed by atoms with E-state index in [0.29, 0.717) is 29.3 Å². The van der Waals surface area contributed by atoms with Gasteiger partial charge in [-0.1, -0.05) is 12.5 Å². The third-order valence-electron chi connectivity index (χ3n) is 5.91. The highest BCUT2D eigenvalue weighted by Crippen LogP contribution is 2.44. The summed E-state index contributed by atoms with van der Waals surface area (Å²) < 4.78 is 27.2. The van der Waals surface area contributed by atoms with E-state index in [9.17, 15) is 13.2 Å². The first kappa shape index (κ1) is 16.5. The largest absolute Gasteiger partial charge is 0.353 e. The number of amides is 1. The van der Waals surface area contributed by atoms with Gasteiger partial charge in [0.1, 0.15) is 4.21 Å². The summed E-state index contributed by atoms with van der Waals surface area (Å²) in [6, 6.07) is 3.71. The van der Waals surface area contributed by atoms with E-state index < -0.39 is 10.0 Å². The van der Waals surface area contributed by atoms with Crippen molar-refractivity contribution in [3.63, 3.8) is 0 Å². The minimum absolute atomic E-state index is 0.0543. The van der Waals surface area contributed by atoms with E-state index in [1.165, 1.54) is 34.9 Å². The van der Waals surface area contributed by atoms with Crippen molar-refractivity contribution < 1.29 is 13.2 Å². The molecule has 4 rings (SSSR count). The summed E-state index contributed by atoms with van der Waals surface area (Å²) in [6.45, 7) is 0.824. The molecule has 1 saturated heterocycles. The summed E-state index contributed by atoms with van der Waals surface area (Å²) in [7, 11) is -3.45. The normalized spacial score (nSPS) is 33.7. The molecule has 1 N–H and O–H groups in total. The smallest absolute Gasteiger partial charge is 0.252 e. The number of nitrogens with zero attached hydrogens (tertiary/aromatic N) is 1. The number of hydrogen-bond acceptors (Lipinski definition) is 4. The predicted molar refractivity (Wildman–Crippen MR) is 93.2 cm³/mol. The number of rotatable bonds is 4. The Hall–Kier alpha value is -0.920. The van der Waals surface area contributed by atoms with Crippen molar-refractivity contribution in [1.82, 2.24) is 9.62 Å². The van der Waals surface area contributed by atoms with Crippen LogP contribution < -0.4 is 5.32 Å². The highest BCUT2D eigenvalue weighted by atomic mass is 32.2. The number of carbonyl (C=O) groups excluding carboxylic acids is 1. The van der Waals surface area contributed by atoms with Crippen LogP contribution in [0.3, 0.4) is 0 Å². The molecule has 0 radical (unpaired) electrons. The lowest BCUT2D eigenvalue weighted by Crippen LogP contribution is -2.48. The Morgan fingerprint density at radius 2 is 2.12 bits per heavy atom. The van der Waals surface area contributed by atoms with Crippen molar-refractivity contribution in [3.05, 3.63) is 17.5 Å². The summed E-state index contributed by atoms with van der Waals surface area (Å²) in [5, 5.41) is 5.00. The average molecular weight is 369 g/mol. The lowest BCUT2D eigenvalue weighted by molar-refractivity contribution is -0.127. The molecular formula is C17H24N2O3S2. The first-order chi connectivity index (χ1) is 11.5. The predicted octanol–water partition coefficient (Wildman–Crippen LogP) is 2.45. The van der Waals surface area contributed by atoms with Gasteiger partial charge in [-0.05, 0) is 55.4 Å². The summed E-state index contributed by atoms with van der Waals surface area (Å²) in [5.74, 6) is 1.28. The van der Waals surface area contributed by atoms with Crippen molar-refractivity contribution in [2.24, 2.45) is 17.8 Å². The maximum Gasteiger partial charge on any atom is 0.252 e. The van der Waals surface area contributed by atoms with Crippen LogP contribution in [0.15, 0.2) is 21.7 Å². The molecule has 0 aromatic carbocycles. The second-order valence-corrected chi connectivity index (χ2v) is 10.5. The lowest BCUT2D eigenvalue weighted by Gasteiger charge is -2.32. The lowest BCUT2D eigenvalue weighted by atomic mass is 9.93. The SMILES string of the molecule is O=C(NC1CC2CCC1C2)C1CCCN(S(=O)(=O)c2cccs2)C1. The number of piperidine rings is 1. The Bertz CT molecular complexity index is 701. The van der Waals surface area contributed by atoms with E-state index in [0.717, 1.165) is 25.2 Å². The molecule has 3 fully saturated rings. The van der Waals surface area contributed by atoms with Crippen LogP contribution >= 0.6 is 11.3 Å². The first-order valence-corrected chi connectivity index (χ1v) is 11.2. The van der Waals surface area contributed by atoms with Gasteiger partial charge in [0.25, 0.3) is 10.0 Å². The molecule has 1 aromatic heterocycles. The van der Waals surface area contributed by atoms with Gasteiger partial charge in [-0.15, -0.1) is 11.3 Å². The van der Waals surface area contributed by atoms with Crippen LogP contribution in [-0.2, 0) is 14.8 Å². The average Bonchev–Trinajstić information content (AvgIpc) is 3.32. The van der Waals surface area contributed by atoms with Crippen molar-refractivity contribution in [3.8, 4) is 0 Å². The van der Waals surface area contributed by atoms with Crippen molar-refractivity contribution >= 4 is 27.3 Å². The van der Waals surface area contributed by atoms with Crippen LogP contribution in [0.1, 0.15) is 38.5 Å². The Balaban J connectivity index is 1.40.